The van der Waals surface area contributed by atoms with Crippen molar-refractivity contribution in [2.75, 3.05) is 23.9 Å². The van der Waals surface area contributed by atoms with Gasteiger partial charge in [0, 0.05) is 18.0 Å². The van der Waals surface area contributed by atoms with E-state index in [1.165, 1.54) is 0 Å². The standard InChI is InChI=1S/C13H14F3N3O3S/c14-9-3-8(13(15,16)7-1-2-17-5-7)4-10(20)12(9)19-6-11(21)18-23(19)22/h3-4,7,17,20H,1-2,5-6H2,(H,18,21). The lowest BCUT2D eigenvalue weighted by atomic mass is 9.93. The number of amides is 1. The third-order valence-electron chi connectivity index (χ3n) is 3.94. The Balaban J connectivity index is 1.97. The van der Waals surface area contributed by atoms with Gasteiger partial charge in [0.25, 0.3) is 11.8 Å². The number of halogens is 3. The van der Waals surface area contributed by atoms with Crippen molar-refractivity contribution >= 4 is 22.8 Å². The maximum atomic E-state index is 14.4. The van der Waals surface area contributed by atoms with Gasteiger partial charge in [0.2, 0.25) is 11.2 Å². The number of rotatable bonds is 3. The van der Waals surface area contributed by atoms with E-state index in [-0.39, 0.29) is 13.0 Å². The normalized spacial score (nSPS) is 25.0. The van der Waals surface area contributed by atoms with Gasteiger partial charge in [0.05, 0.1) is 0 Å². The van der Waals surface area contributed by atoms with Crippen LogP contribution in [0.25, 0.3) is 0 Å². The van der Waals surface area contributed by atoms with Crippen molar-refractivity contribution in [2.45, 2.75) is 12.3 Å². The summed E-state index contributed by atoms with van der Waals surface area (Å²) < 4.78 is 57.5. The predicted molar refractivity (Wildman–Crippen MR) is 76.6 cm³/mol. The van der Waals surface area contributed by atoms with Crippen LogP contribution in [0, 0.1) is 11.7 Å². The maximum Gasteiger partial charge on any atom is 0.277 e. The summed E-state index contributed by atoms with van der Waals surface area (Å²) in [6.07, 6.45) is 0.242. The molecule has 0 aromatic heterocycles. The van der Waals surface area contributed by atoms with Gasteiger partial charge >= 0.3 is 0 Å². The van der Waals surface area contributed by atoms with Gasteiger partial charge in [-0.05, 0) is 25.1 Å². The zero-order valence-corrected chi connectivity index (χ0v) is 12.6. The Labute approximate surface area is 132 Å². The number of carbonyl (C=O) groups is 1. The molecule has 2 atom stereocenters. The van der Waals surface area contributed by atoms with Crippen molar-refractivity contribution in [2.24, 2.45) is 5.92 Å². The quantitative estimate of drug-likeness (QED) is 0.752. The van der Waals surface area contributed by atoms with Crippen LogP contribution in [0.4, 0.5) is 18.9 Å². The van der Waals surface area contributed by atoms with E-state index in [1.807, 2.05) is 4.72 Å². The van der Waals surface area contributed by atoms with Gasteiger partial charge in [-0.25, -0.2) is 17.4 Å². The Hall–Kier alpha value is -1.81. The van der Waals surface area contributed by atoms with Crippen LogP contribution in [0.3, 0.4) is 0 Å². The monoisotopic (exact) mass is 349 g/mol. The molecule has 0 radical (unpaired) electrons. The molecule has 3 rings (SSSR count). The minimum Gasteiger partial charge on any atom is -0.506 e. The lowest BCUT2D eigenvalue weighted by Gasteiger charge is -2.24. The third kappa shape index (κ3) is 2.76. The molecule has 2 saturated heterocycles. The number of nitrogens with zero attached hydrogens (tertiary/aromatic N) is 1. The molecule has 1 aromatic rings. The summed E-state index contributed by atoms with van der Waals surface area (Å²) in [4.78, 5) is 11.2. The first-order valence-electron chi connectivity index (χ1n) is 6.91. The second-order valence-corrected chi connectivity index (χ2v) is 6.59. The van der Waals surface area contributed by atoms with E-state index in [0.717, 1.165) is 10.4 Å². The molecule has 10 heteroatoms. The molecule has 2 heterocycles. The summed E-state index contributed by atoms with van der Waals surface area (Å²) in [5.74, 6) is -6.85. The Morgan fingerprint density at radius 1 is 1.39 bits per heavy atom. The number of aromatic hydroxyl groups is 1. The van der Waals surface area contributed by atoms with Crippen LogP contribution in [0.15, 0.2) is 12.1 Å². The van der Waals surface area contributed by atoms with E-state index in [4.69, 9.17) is 0 Å². The topological polar surface area (TPSA) is 81.7 Å². The molecule has 0 spiro atoms. The molecule has 2 aliphatic heterocycles. The molecule has 6 nitrogen and oxygen atoms in total. The van der Waals surface area contributed by atoms with E-state index in [9.17, 15) is 27.3 Å². The van der Waals surface area contributed by atoms with E-state index in [1.54, 1.807) is 0 Å². The third-order valence-corrected chi connectivity index (χ3v) is 5.05. The number of nitrogens with one attached hydrogen (secondary N) is 2. The molecule has 2 fully saturated rings. The summed E-state index contributed by atoms with van der Waals surface area (Å²) in [6, 6.07) is 1.38. The van der Waals surface area contributed by atoms with Crippen molar-refractivity contribution < 1.29 is 27.3 Å². The number of phenolic OH excluding ortho intramolecular Hbond substituents is 1. The van der Waals surface area contributed by atoms with E-state index < -0.39 is 58.3 Å². The minimum atomic E-state index is -3.31. The van der Waals surface area contributed by atoms with Gasteiger partial charge in [-0.1, -0.05) is 0 Å². The molecule has 2 aliphatic rings. The summed E-state index contributed by atoms with van der Waals surface area (Å²) in [5.41, 5.74) is -1.18. The largest absolute Gasteiger partial charge is 0.506 e. The molecule has 1 amide bonds. The van der Waals surface area contributed by atoms with Gasteiger partial charge < -0.3 is 10.4 Å². The van der Waals surface area contributed by atoms with E-state index in [0.29, 0.717) is 12.6 Å². The molecule has 0 aliphatic carbocycles. The summed E-state index contributed by atoms with van der Waals surface area (Å²) in [5, 5.41) is 12.8. The van der Waals surface area contributed by atoms with Crippen molar-refractivity contribution in [1.82, 2.24) is 10.0 Å². The fourth-order valence-electron chi connectivity index (χ4n) is 2.76. The van der Waals surface area contributed by atoms with Gasteiger partial charge in [0.1, 0.15) is 18.0 Å². The van der Waals surface area contributed by atoms with Gasteiger partial charge in [0.15, 0.2) is 5.82 Å². The Kier molecular flexibility index (Phi) is 3.96. The van der Waals surface area contributed by atoms with E-state index >= 15 is 0 Å². The Morgan fingerprint density at radius 3 is 2.65 bits per heavy atom. The molecule has 0 bridgehead atoms. The molecule has 0 saturated carbocycles. The first-order valence-corrected chi connectivity index (χ1v) is 8.02. The number of phenols is 1. The lowest BCUT2D eigenvalue weighted by Crippen LogP contribution is -2.28. The SMILES string of the molecule is O=C1CN(c2c(O)cc(C(F)(F)C3CCNC3)cc2F)S(=O)N1. The first kappa shape index (κ1) is 16.1. The smallest absolute Gasteiger partial charge is 0.277 e. The first-order chi connectivity index (χ1) is 10.8. The Morgan fingerprint density at radius 2 is 2.13 bits per heavy atom. The van der Waals surface area contributed by atoms with Crippen LogP contribution in [0.2, 0.25) is 0 Å². The zero-order chi connectivity index (χ0) is 16.8. The molecule has 2 unspecified atom stereocenters. The number of carbonyl (C=O) groups excluding carboxylic acids is 1. The molecular formula is C13H14F3N3O3S. The van der Waals surface area contributed by atoms with Crippen LogP contribution < -0.4 is 14.3 Å². The highest BCUT2D eigenvalue weighted by molar-refractivity contribution is 7.85. The fraction of sp³-hybridized carbons (Fsp3) is 0.462. The highest BCUT2D eigenvalue weighted by atomic mass is 32.2. The van der Waals surface area contributed by atoms with Crippen LogP contribution in [0.5, 0.6) is 5.75 Å². The van der Waals surface area contributed by atoms with Crippen molar-refractivity contribution in [3.63, 3.8) is 0 Å². The maximum absolute atomic E-state index is 14.4. The lowest BCUT2D eigenvalue weighted by molar-refractivity contribution is -0.117. The van der Waals surface area contributed by atoms with Crippen LogP contribution in [-0.4, -0.2) is 34.9 Å². The van der Waals surface area contributed by atoms with Crippen molar-refractivity contribution in [1.29, 1.82) is 0 Å². The molecular weight excluding hydrogens is 335 g/mol. The summed E-state index contributed by atoms with van der Waals surface area (Å²) in [7, 11) is 0. The second kappa shape index (κ2) is 5.68. The molecule has 3 N–H and O–H groups in total. The van der Waals surface area contributed by atoms with Crippen LogP contribution >= 0.6 is 0 Å². The molecule has 23 heavy (non-hydrogen) atoms. The van der Waals surface area contributed by atoms with Crippen LogP contribution in [0.1, 0.15) is 12.0 Å². The number of benzene rings is 1. The van der Waals surface area contributed by atoms with Crippen molar-refractivity contribution in [3.05, 3.63) is 23.5 Å². The average molecular weight is 349 g/mol. The second-order valence-electron chi connectivity index (χ2n) is 5.45. The molecule has 1 aromatic carbocycles. The van der Waals surface area contributed by atoms with Crippen LogP contribution in [-0.2, 0) is 21.9 Å². The molecule has 126 valence electrons. The van der Waals surface area contributed by atoms with Gasteiger partial charge in [-0.15, -0.1) is 0 Å². The van der Waals surface area contributed by atoms with Gasteiger partial charge in [-0.3, -0.25) is 13.8 Å². The van der Waals surface area contributed by atoms with Gasteiger partial charge in [-0.2, -0.15) is 0 Å². The van der Waals surface area contributed by atoms with Crippen molar-refractivity contribution in [3.8, 4) is 5.75 Å². The number of alkyl halides is 2. The summed E-state index contributed by atoms with van der Waals surface area (Å²) in [6.45, 7) is 0.123. The summed E-state index contributed by atoms with van der Waals surface area (Å²) >= 11 is -2.06. The Bertz CT molecular complexity index is 657. The average Bonchev–Trinajstić information content (AvgIpc) is 3.09. The highest BCUT2D eigenvalue weighted by Crippen LogP contribution is 2.43. The minimum absolute atomic E-state index is 0.103. The highest BCUT2D eigenvalue weighted by Gasteiger charge is 2.44. The number of hydrogen-bond acceptors (Lipinski definition) is 4. The number of anilines is 1. The fourth-order valence-corrected chi connectivity index (χ4v) is 3.71. The zero-order valence-electron chi connectivity index (χ0n) is 11.8. The predicted octanol–water partition coefficient (Wildman–Crippen LogP) is 0.747. The number of hydrogen-bond donors (Lipinski definition) is 3. The van der Waals surface area contributed by atoms with E-state index in [2.05, 4.69) is 5.32 Å².